The zero-order chi connectivity index (χ0) is 20.7. The highest BCUT2D eigenvalue weighted by Crippen LogP contribution is 2.28. The molecule has 8 nitrogen and oxygen atoms in total. The van der Waals surface area contributed by atoms with E-state index in [1.165, 1.54) is 16.8 Å². The number of nitrogens with one attached hydrogen (secondary N) is 2. The number of fused-ring (bicyclic) bond motifs is 1. The first-order chi connectivity index (χ1) is 14.6. The molecule has 0 saturated carbocycles. The average molecular weight is 431 g/mol. The van der Waals surface area contributed by atoms with Gasteiger partial charge in [0.05, 0.1) is 29.7 Å². The normalized spacial score (nSPS) is 15.0. The van der Waals surface area contributed by atoms with Crippen molar-refractivity contribution in [2.24, 2.45) is 0 Å². The summed E-state index contributed by atoms with van der Waals surface area (Å²) in [7, 11) is 0. The summed E-state index contributed by atoms with van der Waals surface area (Å²) in [6.07, 6.45) is 6.92. The van der Waals surface area contributed by atoms with Crippen molar-refractivity contribution in [1.82, 2.24) is 34.7 Å². The number of hydrogen-bond acceptors (Lipinski definition) is 6. The Morgan fingerprint density at radius 2 is 1.83 bits per heavy atom. The molecule has 0 unspecified atom stereocenters. The molecule has 1 aromatic carbocycles. The Kier molecular flexibility index (Phi) is 4.80. The first-order valence-electron chi connectivity index (χ1n) is 9.48. The lowest BCUT2D eigenvalue weighted by molar-refractivity contribution is 0.343. The molecule has 30 heavy (non-hydrogen) atoms. The fraction of sp³-hybridized carbons (Fsp3) is 0.263. The van der Waals surface area contributed by atoms with E-state index in [9.17, 15) is 8.78 Å². The second kappa shape index (κ2) is 7.62. The maximum atomic E-state index is 14.3. The topological polar surface area (TPSA) is 85.0 Å². The van der Waals surface area contributed by atoms with Gasteiger partial charge in [-0.15, -0.1) is 0 Å². The van der Waals surface area contributed by atoms with Crippen LogP contribution >= 0.6 is 11.6 Å². The molecule has 1 fully saturated rings. The maximum Gasteiger partial charge on any atom is 0.232 e. The summed E-state index contributed by atoms with van der Waals surface area (Å²) >= 11 is 6.18. The van der Waals surface area contributed by atoms with Gasteiger partial charge in [0.25, 0.3) is 0 Å². The number of benzene rings is 1. The molecule has 0 radical (unpaired) electrons. The zero-order valence-corrected chi connectivity index (χ0v) is 16.4. The van der Waals surface area contributed by atoms with Gasteiger partial charge in [-0.25, -0.2) is 13.8 Å². The van der Waals surface area contributed by atoms with Crippen molar-refractivity contribution in [2.45, 2.75) is 18.9 Å². The van der Waals surface area contributed by atoms with Crippen LogP contribution < -0.4 is 10.6 Å². The minimum Gasteiger partial charge on any atom is -0.321 e. The number of aromatic nitrogens is 6. The van der Waals surface area contributed by atoms with Gasteiger partial charge in [-0.05, 0) is 38.1 Å². The Labute approximate surface area is 174 Å². The van der Waals surface area contributed by atoms with E-state index in [4.69, 9.17) is 11.6 Å². The highest BCUT2D eigenvalue weighted by atomic mass is 35.5. The Hall–Kier alpha value is -3.11. The minimum atomic E-state index is -0.764. The smallest absolute Gasteiger partial charge is 0.232 e. The molecule has 3 aromatic heterocycles. The van der Waals surface area contributed by atoms with E-state index in [1.54, 1.807) is 6.20 Å². The Morgan fingerprint density at radius 1 is 1.07 bits per heavy atom. The SMILES string of the molecule is Fc1cccc(F)c1-c1nc(Nc2cnn(C3CCNCC3)c2)n2ncc(Cl)c2n1. The van der Waals surface area contributed by atoms with E-state index in [-0.39, 0.29) is 28.0 Å². The standard InChI is InChI=1S/C19H17ClF2N8/c20-13-9-25-30-18(13)27-17(16-14(21)2-1-3-15(16)22)28-19(30)26-11-8-24-29(10-11)12-4-6-23-7-5-12/h1-3,8-10,12,23H,4-7H2,(H,26,27,28). The van der Waals surface area contributed by atoms with Gasteiger partial charge in [0, 0.05) is 6.20 Å². The summed E-state index contributed by atoms with van der Waals surface area (Å²) < 4.78 is 31.9. The maximum absolute atomic E-state index is 14.3. The Morgan fingerprint density at radius 3 is 2.60 bits per heavy atom. The molecule has 4 aromatic rings. The van der Waals surface area contributed by atoms with Crippen molar-refractivity contribution >= 4 is 28.9 Å². The molecule has 0 bridgehead atoms. The van der Waals surface area contributed by atoms with E-state index < -0.39 is 11.6 Å². The lowest BCUT2D eigenvalue weighted by atomic mass is 10.1. The Balaban J connectivity index is 1.55. The van der Waals surface area contributed by atoms with Crippen molar-refractivity contribution in [3.8, 4) is 11.4 Å². The fourth-order valence-electron chi connectivity index (χ4n) is 3.56. The van der Waals surface area contributed by atoms with Crippen LogP contribution in [0.4, 0.5) is 20.4 Å². The summed E-state index contributed by atoms with van der Waals surface area (Å²) in [5, 5.41) is 15.3. The summed E-state index contributed by atoms with van der Waals surface area (Å²) in [6.45, 7) is 1.90. The van der Waals surface area contributed by atoms with E-state index >= 15 is 0 Å². The quantitative estimate of drug-likeness (QED) is 0.514. The third-order valence-corrected chi connectivity index (χ3v) is 5.32. The molecule has 5 rings (SSSR count). The molecule has 0 atom stereocenters. The van der Waals surface area contributed by atoms with Gasteiger partial charge >= 0.3 is 0 Å². The molecular weight excluding hydrogens is 414 g/mol. The van der Waals surface area contributed by atoms with E-state index in [0.29, 0.717) is 11.7 Å². The van der Waals surface area contributed by atoms with Crippen molar-refractivity contribution < 1.29 is 8.78 Å². The van der Waals surface area contributed by atoms with Gasteiger partial charge in [0.2, 0.25) is 5.95 Å². The first kappa shape index (κ1) is 18.9. The number of hydrogen-bond donors (Lipinski definition) is 2. The number of piperidine rings is 1. The number of rotatable bonds is 4. The summed E-state index contributed by atoms with van der Waals surface area (Å²) in [5.41, 5.74) is 0.573. The molecule has 154 valence electrons. The summed E-state index contributed by atoms with van der Waals surface area (Å²) in [5.74, 6) is -1.44. The van der Waals surface area contributed by atoms with Crippen LogP contribution in [0.5, 0.6) is 0 Å². The predicted molar refractivity (Wildman–Crippen MR) is 108 cm³/mol. The monoisotopic (exact) mass is 430 g/mol. The molecular formula is C19H17ClF2N8. The second-order valence-corrected chi connectivity index (χ2v) is 7.42. The largest absolute Gasteiger partial charge is 0.321 e. The van der Waals surface area contributed by atoms with E-state index in [0.717, 1.165) is 38.1 Å². The predicted octanol–water partition coefficient (Wildman–Crippen LogP) is 3.59. The molecule has 0 aliphatic carbocycles. The number of nitrogens with zero attached hydrogens (tertiary/aromatic N) is 6. The molecule has 1 aliphatic heterocycles. The van der Waals surface area contributed by atoms with Crippen LogP contribution in [0, 0.1) is 11.6 Å². The number of anilines is 2. The van der Waals surface area contributed by atoms with Gasteiger partial charge in [0.1, 0.15) is 16.7 Å². The molecule has 2 N–H and O–H groups in total. The lowest BCUT2D eigenvalue weighted by Crippen LogP contribution is -2.29. The average Bonchev–Trinajstić information content (AvgIpc) is 3.36. The molecule has 0 spiro atoms. The van der Waals surface area contributed by atoms with Crippen LogP contribution in [-0.2, 0) is 0 Å². The van der Waals surface area contributed by atoms with Crippen molar-refractivity contribution in [2.75, 3.05) is 18.4 Å². The second-order valence-electron chi connectivity index (χ2n) is 7.01. The molecule has 1 saturated heterocycles. The van der Waals surface area contributed by atoms with Crippen LogP contribution in [0.3, 0.4) is 0 Å². The van der Waals surface area contributed by atoms with Crippen LogP contribution in [-0.4, -0.2) is 42.5 Å². The first-order valence-corrected chi connectivity index (χ1v) is 9.85. The minimum absolute atomic E-state index is 0.131. The molecule has 11 heteroatoms. The zero-order valence-electron chi connectivity index (χ0n) is 15.7. The van der Waals surface area contributed by atoms with Crippen molar-refractivity contribution in [1.29, 1.82) is 0 Å². The van der Waals surface area contributed by atoms with Crippen molar-refractivity contribution in [3.05, 3.63) is 53.4 Å². The van der Waals surface area contributed by atoms with Crippen molar-refractivity contribution in [3.63, 3.8) is 0 Å². The van der Waals surface area contributed by atoms with Crippen LogP contribution in [0.25, 0.3) is 17.0 Å². The molecule has 4 heterocycles. The highest BCUT2D eigenvalue weighted by molar-refractivity contribution is 6.33. The van der Waals surface area contributed by atoms with E-state index in [2.05, 4.69) is 30.8 Å². The third-order valence-electron chi connectivity index (χ3n) is 5.05. The van der Waals surface area contributed by atoms with Gasteiger partial charge < -0.3 is 10.6 Å². The fourth-order valence-corrected chi connectivity index (χ4v) is 3.72. The van der Waals surface area contributed by atoms with Gasteiger partial charge in [-0.1, -0.05) is 17.7 Å². The summed E-state index contributed by atoms with van der Waals surface area (Å²) in [6, 6.07) is 3.90. The van der Waals surface area contributed by atoms with Gasteiger partial charge in [0.15, 0.2) is 11.5 Å². The van der Waals surface area contributed by atoms with Gasteiger partial charge in [-0.3, -0.25) is 4.68 Å². The Bertz CT molecular complexity index is 1190. The summed E-state index contributed by atoms with van der Waals surface area (Å²) in [4.78, 5) is 8.53. The van der Waals surface area contributed by atoms with Crippen LogP contribution in [0.1, 0.15) is 18.9 Å². The van der Waals surface area contributed by atoms with E-state index in [1.807, 2.05) is 10.9 Å². The van der Waals surface area contributed by atoms with Crippen LogP contribution in [0.2, 0.25) is 5.02 Å². The lowest BCUT2D eigenvalue weighted by Gasteiger charge is -2.22. The molecule has 0 amide bonds. The van der Waals surface area contributed by atoms with Gasteiger partial charge in [-0.2, -0.15) is 19.7 Å². The highest BCUT2D eigenvalue weighted by Gasteiger charge is 2.20. The molecule has 1 aliphatic rings. The number of halogens is 3. The third kappa shape index (κ3) is 3.37. The van der Waals surface area contributed by atoms with Crippen LogP contribution in [0.15, 0.2) is 36.8 Å².